The van der Waals surface area contributed by atoms with E-state index in [1.54, 1.807) is 6.20 Å². The molecule has 1 aromatic heterocycles. The molecule has 23 heavy (non-hydrogen) atoms. The number of carbonyl (C=O) groups is 1. The van der Waals surface area contributed by atoms with Crippen molar-refractivity contribution in [1.29, 1.82) is 0 Å². The van der Waals surface area contributed by atoms with Gasteiger partial charge < -0.3 is 5.32 Å². The maximum absolute atomic E-state index is 12.7. The lowest BCUT2D eigenvalue weighted by molar-refractivity contribution is 0.102. The summed E-state index contributed by atoms with van der Waals surface area (Å²) in [5, 5.41) is 3.69. The zero-order valence-electron chi connectivity index (χ0n) is 12.4. The maximum Gasteiger partial charge on any atom is 0.274 e. The molecule has 0 fully saturated rings. The van der Waals surface area contributed by atoms with E-state index in [0.717, 1.165) is 21.0 Å². The van der Waals surface area contributed by atoms with Crippen molar-refractivity contribution in [2.75, 3.05) is 11.6 Å². The quantitative estimate of drug-likeness (QED) is 0.664. The monoisotopic (exact) mass is 387 g/mol. The molecule has 6 heteroatoms. The van der Waals surface area contributed by atoms with Crippen LogP contribution in [0.2, 0.25) is 0 Å². The van der Waals surface area contributed by atoms with Crippen molar-refractivity contribution >= 4 is 39.3 Å². The van der Waals surface area contributed by atoms with Crippen LogP contribution in [0.25, 0.3) is 5.69 Å². The molecule has 0 saturated heterocycles. The van der Waals surface area contributed by atoms with Gasteiger partial charge in [0.15, 0.2) is 5.16 Å². The molecule has 1 amide bonds. The number of nitrogens with one attached hydrogen (secondary N) is 1. The number of benzene rings is 2. The molecule has 0 unspecified atom stereocenters. The number of imidazole rings is 1. The molecule has 3 rings (SSSR count). The fraction of sp³-hybridized carbons (Fsp3) is 0.0588. The first-order valence-corrected chi connectivity index (χ1v) is 8.95. The largest absolute Gasteiger partial charge is 0.320 e. The van der Waals surface area contributed by atoms with Gasteiger partial charge in [-0.05, 0) is 46.5 Å². The Balaban J connectivity index is 1.99. The van der Waals surface area contributed by atoms with Crippen LogP contribution in [0.5, 0.6) is 0 Å². The van der Waals surface area contributed by atoms with Gasteiger partial charge in [-0.2, -0.15) is 0 Å². The SMILES string of the molecule is CSc1ncc(C(=O)Nc2ccccc2Br)n1-c1ccccc1. The summed E-state index contributed by atoms with van der Waals surface area (Å²) in [7, 11) is 0. The third kappa shape index (κ3) is 3.33. The minimum absolute atomic E-state index is 0.200. The molecule has 0 aliphatic heterocycles. The molecule has 0 aliphatic carbocycles. The van der Waals surface area contributed by atoms with Crippen molar-refractivity contribution in [3.05, 3.63) is 71.0 Å². The molecule has 0 aliphatic rings. The maximum atomic E-state index is 12.7. The number of nitrogens with zero attached hydrogens (tertiary/aromatic N) is 2. The summed E-state index contributed by atoms with van der Waals surface area (Å²) in [6.45, 7) is 0. The summed E-state index contributed by atoms with van der Waals surface area (Å²) in [5.74, 6) is -0.200. The van der Waals surface area contributed by atoms with Crippen LogP contribution >= 0.6 is 27.7 Å². The first-order chi connectivity index (χ1) is 11.2. The highest BCUT2D eigenvalue weighted by atomic mass is 79.9. The molecule has 0 spiro atoms. The van der Waals surface area contributed by atoms with Crippen molar-refractivity contribution in [1.82, 2.24) is 9.55 Å². The van der Waals surface area contributed by atoms with Gasteiger partial charge in [0.25, 0.3) is 5.91 Å². The summed E-state index contributed by atoms with van der Waals surface area (Å²) >= 11 is 4.94. The molecular weight excluding hydrogens is 374 g/mol. The van der Waals surface area contributed by atoms with E-state index in [0.29, 0.717) is 5.69 Å². The molecule has 0 saturated carbocycles. The lowest BCUT2D eigenvalue weighted by Crippen LogP contribution is -2.17. The number of amides is 1. The number of para-hydroxylation sites is 2. The number of thioether (sulfide) groups is 1. The summed E-state index contributed by atoms with van der Waals surface area (Å²) in [6, 6.07) is 17.2. The number of carbonyl (C=O) groups excluding carboxylic acids is 1. The van der Waals surface area contributed by atoms with E-state index in [1.165, 1.54) is 11.8 Å². The second-order valence-electron chi connectivity index (χ2n) is 4.74. The molecule has 0 atom stereocenters. The Morgan fingerprint density at radius 3 is 2.52 bits per heavy atom. The van der Waals surface area contributed by atoms with E-state index in [1.807, 2.05) is 65.4 Å². The summed E-state index contributed by atoms with van der Waals surface area (Å²) in [4.78, 5) is 17.0. The molecule has 0 radical (unpaired) electrons. The van der Waals surface area contributed by atoms with E-state index in [4.69, 9.17) is 0 Å². The van der Waals surface area contributed by atoms with Crippen molar-refractivity contribution in [3.63, 3.8) is 0 Å². The average molecular weight is 388 g/mol. The third-order valence-corrected chi connectivity index (χ3v) is 4.63. The Labute approximate surface area is 147 Å². The van der Waals surface area contributed by atoms with E-state index in [2.05, 4.69) is 26.2 Å². The minimum atomic E-state index is -0.200. The molecule has 4 nitrogen and oxygen atoms in total. The number of halogens is 1. The summed E-state index contributed by atoms with van der Waals surface area (Å²) in [5.41, 5.74) is 2.13. The van der Waals surface area contributed by atoms with Crippen molar-refractivity contribution in [2.24, 2.45) is 0 Å². The highest BCUT2D eigenvalue weighted by Gasteiger charge is 2.18. The molecule has 0 bridgehead atoms. The highest BCUT2D eigenvalue weighted by Crippen LogP contribution is 2.25. The van der Waals surface area contributed by atoms with Gasteiger partial charge in [-0.1, -0.05) is 42.1 Å². The molecule has 116 valence electrons. The van der Waals surface area contributed by atoms with Gasteiger partial charge in [0.05, 0.1) is 11.9 Å². The van der Waals surface area contributed by atoms with Gasteiger partial charge in [-0.25, -0.2) is 4.98 Å². The Kier molecular flexibility index (Phi) is 4.83. The second kappa shape index (κ2) is 7.02. The summed E-state index contributed by atoms with van der Waals surface area (Å²) in [6.07, 6.45) is 3.54. The van der Waals surface area contributed by atoms with Crippen LogP contribution < -0.4 is 5.32 Å². The number of aromatic nitrogens is 2. The molecule has 1 heterocycles. The number of anilines is 1. The van der Waals surface area contributed by atoms with Crippen LogP contribution in [0, 0.1) is 0 Å². The Bertz CT molecular complexity index is 833. The zero-order valence-corrected chi connectivity index (χ0v) is 14.8. The molecular formula is C17H14BrN3OS. The van der Waals surface area contributed by atoms with Crippen molar-refractivity contribution in [3.8, 4) is 5.69 Å². The molecule has 1 N–H and O–H groups in total. The fourth-order valence-corrected chi connectivity index (χ4v) is 3.14. The van der Waals surface area contributed by atoms with Gasteiger partial charge in [-0.15, -0.1) is 0 Å². The van der Waals surface area contributed by atoms with Gasteiger partial charge in [0, 0.05) is 10.2 Å². The Morgan fingerprint density at radius 1 is 1.13 bits per heavy atom. The van der Waals surface area contributed by atoms with Gasteiger partial charge in [0.2, 0.25) is 0 Å². The minimum Gasteiger partial charge on any atom is -0.320 e. The topological polar surface area (TPSA) is 46.9 Å². The van der Waals surface area contributed by atoms with Crippen LogP contribution in [-0.4, -0.2) is 21.7 Å². The van der Waals surface area contributed by atoms with E-state index in [9.17, 15) is 4.79 Å². The van der Waals surface area contributed by atoms with Gasteiger partial charge >= 0.3 is 0 Å². The van der Waals surface area contributed by atoms with Crippen LogP contribution in [0.4, 0.5) is 5.69 Å². The molecule has 2 aromatic carbocycles. The normalized spacial score (nSPS) is 10.5. The summed E-state index contributed by atoms with van der Waals surface area (Å²) < 4.78 is 2.70. The van der Waals surface area contributed by atoms with Gasteiger partial charge in [-0.3, -0.25) is 9.36 Å². The third-order valence-electron chi connectivity index (χ3n) is 3.28. The molecule has 3 aromatic rings. The van der Waals surface area contributed by atoms with Crippen LogP contribution in [0.15, 0.2) is 70.4 Å². The van der Waals surface area contributed by atoms with Crippen molar-refractivity contribution < 1.29 is 4.79 Å². The first-order valence-electron chi connectivity index (χ1n) is 6.93. The van der Waals surface area contributed by atoms with E-state index in [-0.39, 0.29) is 5.91 Å². The van der Waals surface area contributed by atoms with Gasteiger partial charge in [0.1, 0.15) is 5.69 Å². The zero-order chi connectivity index (χ0) is 16.2. The predicted octanol–water partition coefficient (Wildman–Crippen LogP) is 4.61. The predicted molar refractivity (Wildman–Crippen MR) is 97.4 cm³/mol. The lowest BCUT2D eigenvalue weighted by atomic mass is 10.3. The van der Waals surface area contributed by atoms with E-state index < -0.39 is 0 Å². The fourth-order valence-electron chi connectivity index (χ4n) is 2.21. The van der Waals surface area contributed by atoms with Crippen LogP contribution in [0.1, 0.15) is 10.5 Å². The van der Waals surface area contributed by atoms with Crippen LogP contribution in [0.3, 0.4) is 0 Å². The van der Waals surface area contributed by atoms with Crippen molar-refractivity contribution in [2.45, 2.75) is 5.16 Å². The smallest absolute Gasteiger partial charge is 0.274 e. The first kappa shape index (κ1) is 15.8. The Hall–Kier alpha value is -2.05. The highest BCUT2D eigenvalue weighted by molar-refractivity contribution is 9.10. The second-order valence-corrected chi connectivity index (χ2v) is 6.36. The standard InChI is InChI=1S/C17H14BrN3OS/c1-23-17-19-11-15(21(17)12-7-3-2-4-8-12)16(22)20-14-10-6-5-9-13(14)18/h2-11H,1H3,(H,20,22). The number of hydrogen-bond donors (Lipinski definition) is 1. The van der Waals surface area contributed by atoms with E-state index >= 15 is 0 Å². The number of hydrogen-bond acceptors (Lipinski definition) is 3. The lowest BCUT2D eigenvalue weighted by Gasteiger charge is -2.11. The number of rotatable bonds is 4. The Morgan fingerprint density at radius 2 is 1.83 bits per heavy atom. The average Bonchev–Trinajstić information content (AvgIpc) is 3.02. The van der Waals surface area contributed by atoms with Crippen LogP contribution in [-0.2, 0) is 0 Å².